The summed E-state index contributed by atoms with van der Waals surface area (Å²) in [6.07, 6.45) is 7.92. The van der Waals surface area contributed by atoms with Gasteiger partial charge in [0.2, 0.25) is 0 Å². The number of aliphatic carboxylic acids is 1. The van der Waals surface area contributed by atoms with Crippen LogP contribution in [0.2, 0.25) is 0 Å². The maximum Gasteiger partial charge on any atom is 0.320 e. The van der Waals surface area contributed by atoms with Crippen LogP contribution in [0.3, 0.4) is 0 Å². The maximum atomic E-state index is 11.3. The number of hydrogen-bond acceptors (Lipinski definition) is 2. The summed E-state index contributed by atoms with van der Waals surface area (Å²) in [5.74, 6) is 0.182. The van der Waals surface area contributed by atoms with Gasteiger partial charge in [0.05, 0.1) is 0 Å². The van der Waals surface area contributed by atoms with E-state index >= 15 is 0 Å². The van der Waals surface area contributed by atoms with E-state index in [1.807, 2.05) is 0 Å². The minimum Gasteiger partial charge on any atom is -0.480 e. The second kappa shape index (κ2) is 7.70. The van der Waals surface area contributed by atoms with Crippen LogP contribution in [0.1, 0.15) is 58.8 Å². The van der Waals surface area contributed by atoms with Gasteiger partial charge in [-0.1, -0.05) is 33.1 Å². The van der Waals surface area contributed by atoms with Crippen molar-refractivity contribution >= 4 is 5.97 Å². The summed E-state index contributed by atoms with van der Waals surface area (Å²) in [6, 6.07) is -0.250. The molecule has 0 bridgehead atoms. The second-order valence-electron chi connectivity index (χ2n) is 5.26. The Morgan fingerprint density at radius 1 is 1.29 bits per heavy atom. The van der Waals surface area contributed by atoms with Crippen LogP contribution in [0.25, 0.3) is 0 Å². The van der Waals surface area contributed by atoms with E-state index in [1.54, 1.807) is 0 Å². The number of carboxylic acids is 1. The van der Waals surface area contributed by atoms with Gasteiger partial charge < -0.3 is 5.11 Å². The molecular weight excluding hydrogens is 214 g/mol. The smallest absolute Gasteiger partial charge is 0.320 e. The van der Waals surface area contributed by atoms with Gasteiger partial charge in [0, 0.05) is 0 Å². The Bertz CT molecular complexity index is 230. The van der Waals surface area contributed by atoms with Gasteiger partial charge in [-0.15, -0.1) is 0 Å². The first-order valence-corrected chi connectivity index (χ1v) is 7.15. The van der Waals surface area contributed by atoms with Gasteiger partial charge in [-0.05, 0) is 44.7 Å². The lowest BCUT2D eigenvalue weighted by Crippen LogP contribution is -2.41. The fraction of sp³-hybridized carbons (Fsp3) is 0.929. The molecule has 0 aromatic heterocycles. The van der Waals surface area contributed by atoms with E-state index in [2.05, 4.69) is 18.7 Å². The lowest BCUT2D eigenvalue weighted by atomic mass is 9.96. The Morgan fingerprint density at radius 3 is 2.65 bits per heavy atom. The van der Waals surface area contributed by atoms with Crippen molar-refractivity contribution in [3.63, 3.8) is 0 Å². The minimum atomic E-state index is -0.638. The van der Waals surface area contributed by atoms with Crippen molar-refractivity contribution in [1.29, 1.82) is 0 Å². The van der Waals surface area contributed by atoms with E-state index in [-0.39, 0.29) is 6.04 Å². The third-order valence-corrected chi connectivity index (χ3v) is 3.87. The lowest BCUT2D eigenvalue weighted by molar-refractivity contribution is -0.143. The van der Waals surface area contributed by atoms with Crippen molar-refractivity contribution < 1.29 is 9.90 Å². The number of likely N-dealkylation sites (tertiary alicyclic amines) is 1. The Labute approximate surface area is 105 Å². The van der Waals surface area contributed by atoms with Crippen LogP contribution in [0.15, 0.2) is 0 Å². The topological polar surface area (TPSA) is 40.5 Å². The van der Waals surface area contributed by atoms with Gasteiger partial charge in [-0.25, -0.2) is 0 Å². The summed E-state index contributed by atoms with van der Waals surface area (Å²) in [7, 11) is 0. The Kier molecular flexibility index (Phi) is 6.56. The zero-order chi connectivity index (χ0) is 12.7. The van der Waals surface area contributed by atoms with E-state index in [4.69, 9.17) is 0 Å². The van der Waals surface area contributed by atoms with Crippen LogP contribution < -0.4 is 0 Å². The van der Waals surface area contributed by atoms with Crippen molar-refractivity contribution in [3.05, 3.63) is 0 Å². The van der Waals surface area contributed by atoms with Gasteiger partial charge in [-0.2, -0.15) is 0 Å². The normalized spacial score (nSPS) is 24.2. The number of carbonyl (C=O) groups is 1. The molecule has 0 amide bonds. The number of rotatable bonds is 6. The standard InChI is InChI=1S/C14H27NO2/c1-3-6-12-8-5-10-15(11-9-12)13(7-4-2)14(16)17/h12-13H,3-11H2,1-2H3,(H,16,17). The van der Waals surface area contributed by atoms with Crippen molar-refractivity contribution in [2.24, 2.45) is 5.92 Å². The number of hydrogen-bond donors (Lipinski definition) is 1. The zero-order valence-corrected chi connectivity index (χ0v) is 11.3. The van der Waals surface area contributed by atoms with Crippen LogP contribution in [-0.2, 0) is 4.79 Å². The van der Waals surface area contributed by atoms with Crippen molar-refractivity contribution in [2.75, 3.05) is 13.1 Å². The van der Waals surface area contributed by atoms with E-state index in [1.165, 1.54) is 25.7 Å². The molecule has 2 unspecified atom stereocenters. The van der Waals surface area contributed by atoms with Gasteiger partial charge in [0.15, 0.2) is 0 Å². The molecule has 3 nitrogen and oxygen atoms in total. The number of carboxylic acid groups (broad SMARTS) is 1. The summed E-state index contributed by atoms with van der Waals surface area (Å²) in [4.78, 5) is 13.5. The molecule has 0 saturated carbocycles. The molecule has 0 spiro atoms. The van der Waals surface area contributed by atoms with Gasteiger partial charge in [0.25, 0.3) is 0 Å². The third kappa shape index (κ3) is 4.66. The zero-order valence-electron chi connectivity index (χ0n) is 11.3. The van der Waals surface area contributed by atoms with Crippen molar-refractivity contribution in [3.8, 4) is 0 Å². The minimum absolute atomic E-state index is 0.250. The number of nitrogens with zero attached hydrogens (tertiary/aromatic N) is 1. The first-order chi connectivity index (χ1) is 8.19. The predicted octanol–water partition coefficient (Wildman–Crippen LogP) is 3.14. The molecule has 0 aromatic carbocycles. The fourth-order valence-electron chi connectivity index (χ4n) is 2.93. The highest BCUT2D eigenvalue weighted by Crippen LogP contribution is 2.23. The van der Waals surface area contributed by atoms with Crippen LogP contribution >= 0.6 is 0 Å². The summed E-state index contributed by atoms with van der Waals surface area (Å²) in [5.41, 5.74) is 0. The van der Waals surface area contributed by atoms with E-state index < -0.39 is 5.97 Å². The molecule has 1 rings (SSSR count). The first kappa shape index (κ1) is 14.5. The summed E-state index contributed by atoms with van der Waals surface area (Å²) < 4.78 is 0. The van der Waals surface area contributed by atoms with Gasteiger partial charge in [-0.3, -0.25) is 9.69 Å². The molecule has 1 N–H and O–H groups in total. The maximum absolute atomic E-state index is 11.3. The quantitative estimate of drug-likeness (QED) is 0.776. The molecule has 100 valence electrons. The molecule has 1 aliphatic heterocycles. The average molecular weight is 241 g/mol. The molecule has 3 heteroatoms. The molecule has 0 radical (unpaired) electrons. The lowest BCUT2D eigenvalue weighted by Gasteiger charge is -2.27. The third-order valence-electron chi connectivity index (χ3n) is 3.87. The van der Waals surface area contributed by atoms with Crippen LogP contribution in [-0.4, -0.2) is 35.1 Å². The van der Waals surface area contributed by atoms with Crippen molar-refractivity contribution in [2.45, 2.75) is 64.8 Å². The van der Waals surface area contributed by atoms with E-state index in [0.29, 0.717) is 0 Å². The molecule has 1 aliphatic rings. The molecule has 1 heterocycles. The Balaban J connectivity index is 2.50. The molecule has 0 aromatic rings. The molecular formula is C14H27NO2. The second-order valence-corrected chi connectivity index (χ2v) is 5.26. The largest absolute Gasteiger partial charge is 0.480 e. The Hall–Kier alpha value is -0.570. The van der Waals surface area contributed by atoms with Crippen LogP contribution in [0, 0.1) is 5.92 Å². The first-order valence-electron chi connectivity index (χ1n) is 7.15. The molecule has 1 saturated heterocycles. The van der Waals surface area contributed by atoms with Gasteiger partial charge >= 0.3 is 5.97 Å². The highest BCUT2D eigenvalue weighted by atomic mass is 16.4. The SMILES string of the molecule is CCCC1CCCN(C(CCC)C(=O)O)CC1. The summed E-state index contributed by atoms with van der Waals surface area (Å²) in [6.45, 7) is 6.24. The summed E-state index contributed by atoms with van der Waals surface area (Å²) >= 11 is 0. The highest BCUT2D eigenvalue weighted by Gasteiger charge is 2.26. The predicted molar refractivity (Wildman–Crippen MR) is 70.2 cm³/mol. The average Bonchev–Trinajstić information content (AvgIpc) is 2.52. The monoisotopic (exact) mass is 241 g/mol. The molecule has 0 aliphatic carbocycles. The van der Waals surface area contributed by atoms with E-state index in [0.717, 1.165) is 38.3 Å². The molecule has 2 atom stereocenters. The van der Waals surface area contributed by atoms with Crippen LogP contribution in [0.5, 0.6) is 0 Å². The van der Waals surface area contributed by atoms with Crippen molar-refractivity contribution in [1.82, 2.24) is 4.90 Å². The highest BCUT2D eigenvalue weighted by molar-refractivity contribution is 5.73. The summed E-state index contributed by atoms with van der Waals surface area (Å²) in [5, 5.41) is 9.28. The molecule has 1 fully saturated rings. The Morgan fingerprint density at radius 2 is 2.06 bits per heavy atom. The van der Waals surface area contributed by atoms with Gasteiger partial charge in [0.1, 0.15) is 6.04 Å². The van der Waals surface area contributed by atoms with Crippen LogP contribution in [0.4, 0.5) is 0 Å². The van der Waals surface area contributed by atoms with E-state index in [9.17, 15) is 9.90 Å². The molecule has 17 heavy (non-hydrogen) atoms. The fourth-order valence-corrected chi connectivity index (χ4v) is 2.93.